The minimum atomic E-state index is -1.46. The van der Waals surface area contributed by atoms with Crippen LogP contribution >= 0.6 is 0 Å². The number of alkyl halides is 1. The molecule has 5 heteroatoms. The maximum atomic E-state index is 15.3. The molecule has 3 N–H and O–H groups in total. The fourth-order valence-electron chi connectivity index (χ4n) is 4.94. The highest BCUT2D eigenvalue weighted by Gasteiger charge is 2.54. The highest BCUT2D eigenvalue weighted by molar-refractivity contribution is 5.77. The lowest BCUT2D eigenvalue weighted by atomic mass is 9.69. The first-order valence-electron chi connectivity index (χ1n) is 8.70. The molecule has 3 heterocycles. The maximum absolute atomic E-state index is 15.3. The van der Waals surface area contributed by atoms with Crippen LogP contribution in [0.15, 0.2) is 47.7 Å². The average molecular weight is 326 g/mol. The molecule has 5 rings (SSSR count). The molecule has 1 aromatic carbocycles. The lowest BCUT2D eigenvalue weighted by molar-refractivity contribution is 0.131. The lowest BCUT2D eigenvalue weighted by Crippen LogP contribution is -2.64. The van der Waals surface area contributed by atoms with Gasteiger partial charge in [0.25, 0.3) is 0 Å². The summed E-state index contributed by atoms with van der Waals surface area (Å²) in [7, 11) is 0. The average Bonchev–Trinajstić information content (AvgIpc) is 2.91. The zero-order valence-electron chi connectivity index (χ0n) is 14.1. The van der Waals surface area contributed by atoms with Crippen molar-refractivity contribution in [3.8, 4) is 0 Å². The van der Waals surface area contributed by atoms with E-state index < -0.39 is 5.67 Å². The van der Waals surface area contributed by atoms with Crippen LogP contribution in [0.3, 0.4) is 0 Å². The second-order valence-corrected chi connectivity index (χ2v) is 7.84. The van der Waals surface area contributed by atoms with Crippen LogP contribution in [0, 0.1) is 5.41 Å². The number of nitrogens with one attached hydrogen (secondary N) is 1. The molecule has 1 fully saturated rings. The molecule has 0 spiro atoms. The molecular weight excluding hydrogens is 303 g/mol. The highest BCUT2D eigenvalue weighted by atomic mass is 19.1. The van der Waals surface area contributed by atoms with E-state index in [2.05, 4.69) is 40.2 Å². The maximum Gasteiger partial charge on any atom is 0.178 e. The molecule has 0 bridgehead atoms. The number of rotatable bonds is 0. The Hall–Kier alpha value is -2.01. The number of hydrogen-bond acceptors (Lipinski definition) is 4. The van der Waals surface area contributed by atoms with Gasteiger partial charge in [-0.05, 0) is 38.5 Å². The van der Waals surface area contributed by atoms with Crippen LogP contribution in [0.1, 0.15) is 20.3 Å². The molecule has 0 aromatic heterocycles. The summed E-state index contributed by atoms with van der Waals surface area (Å²) in [5, 5.41) is 3.61. The van der Waals surface area contributed by atoms with Crippen molar-refractivity contribution in [2.24, 2.45) is 11.1 Å². The number of halogens is 1. The van der Waals surface area contributed by atoms with Crippen molar-refractivity contribution < 1.29 is 4.39 Å². The van der Waals surface area contributed by atoms with Crippen molar-refractivity contribution >= 4 is 11.4 Å². The number of nitrogens with zero attached hydrogens (tertiary/aromatic N) is 2. The monoisotopic (exact) mass is 326 g/mol. The van der Waals surface area contributed by atoms with E-state index in [1.165, 1.54) is 5.69 Å². The molecule has 4 unspecified atom stereocenters. The number of benzene rings is 1. The summed E-state index contributed by atoms with van der Waals surface area (Å²) in [4.78, 5) is 4.74. The Labute approximate surface area is 141 Å². The number of hydrogen-bond donors (Lipinski definition) is 2. The van der Waals surface area contributed by atoms with Gasteiger partial charge in [-0.2, -0.15) is 0 Å². The quantitative estimate of drug-likeness (QED) is 0.720. The normalized spacial score (nSPS) is 39.3. The molecule has 3 aliphatic heterocycles. The van der Waals surface area contributed by atoms with Crippen molar-refractivity contribution in [1.82, 2.24) is 4.90 Å². The van der Waals surface area contributed by atoms with Crippen molar-refractivity contribution in [2.75, 3.05) is 23.3 Å². The van der Waals surface area contributed by atoms with Crippen molar-refractivity contribution in [3.05, 3.63) is 47.7 Å². The van der Waals surface area contributed by atoms with Crippen molar-refractivity contribution in [3.63, 3.8) is 0 Å². The highest BCUT2D eigenvalue weighted by Crippen LogP contribution is 2.53. The van der Waals surface area contributed by atoms with Gasteiger partial charge < -0.3 is 20.9 Å². The first-order chi connectivity index (χ1) is 11.4. The molecule has 126 valence electrons. The van der Waals surface area contributed by atoms with Crippen LogP contribution in [0.4, 0.5) is 15.8 Å². The minimum absolute atomic E-state index is 0.0512. The third kappa shape index (κ3) is 1.66. The predicted octanol–water partition coefficient (Wildman–Crippen LogP) is 2.81. The van der Waals surface area contributed by atoms with Gasteiger partial charge in [-0.1, -0.05) is 18.2 Å². The van der Waals surface area contributed by atoms with Crippen LogP contribution in [0.5, 0.6) is 0 Å². The van der Waals surface area contributed by atoms with E-state index in [1.807, 2.05) is 12.1 Å². The van der Waals surface area contributed by atoms with Gasteiger partial charge >= 0.3 is 0 Å². The molecule has 4 nitrogen and oxygen atoms in total. The van der Waals surface area contributed by atoms with Gasteiger partial charge in [0.1, 0.15) is 0 Å². The zero-order valence-corrected chi connectivity index (χ0v) is 14.1. The van der Waals surface area contributed by atoms with Gasteiger partial charge in [-0.15, -0.1) is 0 Å². The van der Waals surface area contributed by atoms with Crippen molar-refractivity contribution in [1.29, 1.82) is 0 Å². The minimum Gasteiger partial charge on any atom is -0.346 e. The molecule has 1 aliphatic carbocycles. The summed E-state index contributed by atoms with van der Waals surface area (Å²) in [5.74, 6) is 0. The molecule has 0 amide bonds. The summed E-state index contributed by atoms with van der Waals surface area (Å²) in [6, 6.07) is 8.19. The van der Waals surface area contributed by atoms with E-state index in [0.717, 1.165) is 36.5 Å². The Balaban J connectivity index is 1.70. The number of allylic oxidation sites excluding steroid dienone is 1. The fourth-order valence-corrected chi connectivity index (χ4v) is 4.94. The summed E-state index contributed by atoms with van der Waals surface area (Å²) in [6.07, 6.45) is 4.60. The van der Waals surface area contributed by atoms with E-state index in [0.29, 0.717) is 0 Å². The Bertz CT molecular complexity index is 783. The topological polar surface area (TPSA) is 44.5 Å². The van der Waals surface area contributed by atoms with Gasteiger partial charge in [0.15, 0.2) is 12.0 Å². The van der Waals surface area contributed by atoms with Crippen LogP contribution in [0.2, 0.25) is 0 Å². The largest absolute Gasteiger partial charge is 0.346 e. The van der Waals surface area contributed by atoms with E-state index in [1.54, 1.807) is 13.0 Å². The standard InChI is InChI=1S/C19H23FN4/c1-18-8-9-19(2,20)15-12(21)7-10-23(16(15)18)17-22-13-5-3-4-6-14(13)24(17)11-18/h3-6,8-9,12,17,22H,7,10-11,21H2,1-2H3. The van der Waals surface area contributed by atoms with Gasteiger partial charge in [0.2, 0.25) is 0 Å². The third-order valence-electron chi connectivity index (χ3n) is 6.01. The van der Waals surface area contributed by atoms with E-state index in [4.69, 9.17) is 5.73 Å². The number of anilines is 2. The second kappa shape index (κ2) is 4.33. The zero-order chi connectivity index (χ0) is 16.7. The lowest BCUT2D eigenvalue weighted by Gasteiger charge is -2.57. The molecular formula is C19H23FN4. The Kier molecular flexibility index (Phi) is 2.59. The van der Waals surface area contributed by atoms with Crippen LogP contribution in [0.25, 0.3) is 0 Å². The summed E-state index contributed by atoms with van der Waals surface area (Å²) in [6.45, 7) is 5.52. The van der Waals surface area contributed by atoms with Gasteiger partial charge in [-0.3, -0.25) is 0 Å². The number of nitrogens with two attached hydrogens (primary N) is 1. The van der Waals surface area contributed by atoms with E-state index in [-0.39, 0.29) is 17.7 Å². The summed E-state index contributed by atoms with van der Waals surface area (Å²) in [5.41, 5.74) is 8.92. The van der Waals surface area contributed by atoms with Gasteiger partial charge in [0, 0.05) is 35.8 Å². The first-order valence-corrected chi connectivity index (χ1v) is 8.70. The molecule has 1 aromatic rings. The molecule has 4 aliphatic rings. The predicted molar refractivity (Wildman–Crippen MR) is 94.3 cm³/mol. The van der Waals surface area contributed by atoms with E-state index in [9.17, 15) is 0 Å². The number of fused-ring (bicyclic) bond motifs is 4. The number of para-hydroxylation sites is 2. The fraction of sp³-hybridized carbons (Fsp3) is 0.474. The molecule has 0 saturated carbocycles. The molecule has 1 saturated heterocycles. The third-order valence-corrected chi connectivity index (χ3v) is 6.01. The Morgan fingerprint density at radius 3 is 2.83 bits per heavy atom. The first kappa shape index (κ1) is 14.3. The summed E-state index contributed by atoms with van der Waals surface area (Å²) < 4.78 is 15.3. The van der Waals surface area contributed by atoms with E-state index >= 15 is 4.39 Å². The Morgan fingerprint density at radius 1 is 1.21 bits per heavy atom. The van der Waals surface area contributed by atoms with Crippen LogP contribution < -0.4 is 16.0 Å². The van der Waals surface area contributed by atoms with Crippen LogP contribution in [-0.2, 0) is 0 Å². The Morgan fingerprint density at radius 2 is 2.00 bits per heavy atom. The second-order valence-electron chi connectivity index (χ2n) is 7.84. The van der Waals surface area contributed by atoms with Crippen LogP contribution in [-0.4, -0.2) is 36.0 Å². The molecule has 24 heavy (non-hydrogen) atoms. The van der Waals surface area contributed by atoms with Gasteiger partial charge in [0.05, 0.1) is 11.4 Å². The molecule has 0 radical (unpaired) electrons. The SMILES string of the molecule is CC1(F)C=CC2(C)CN3c4ccccc4NC3N3CCC(N)C1=C32. The van der Waals surface area contributed by atoms with Gasteiger partial charge in [-0.25, -0.2) is 4.39 Å². The summed E-state index contributed by atoms with van der Waals surface area (Å²) >= 11 is 0. The van der Waals surface area contributed by atoms with Crippen molar-refractivity contribution in [2.45, 2.75) is 38.3 Å². The smallest absolute Gasteiger partial charge is 0.178 e. The molecule has 4 atom stereocenters.